The van der Waals surface area contributed by atoms with Gasteiger partial charge in [0.25, 0.3) is 0 Å². The topological polar surface area (TPSA) is 53.1 Å². The lowest BCUT2D eigenvalue weighted by molar-refractivity contribution is -0.132. The largest absolute Gasteiger partial charge is 0.390 e. The van der Waals surface area contributed by atoms with Crippen LogP contribution in [0.4, 0.5) is 18.9 Å². The standard InChI is InChI=1S/C11H13ClF3N3/c1-18(6-5-11(13,14)15)8-4-2-3-7(12)9(8)10(16)17/h2-4H,5-6H2,1H3,(H3,16,17). The molecule has 1 aromatic rings. The molecule has 7 heteroatoms. The highest BCUT2D eigenvalue weighted by molar-refractivity contribution is 6.34. The average Bonchev–Trinajstić information content (AvgIpc) is 2.24. The van der Waals surface area contributed by atoms with E-state index >= 15 is 0 Å². The van der Waals surface area contributed by atoms with Gasteiger partial charge in [-0.15, -0.1) is 0 Å². The monoisotopic (exact) mass is 279 g/mol. The molecule has 0 aliphatic heterocycles. The molecule has 1 aromatic carbocycles. The fraction of sp³-hybridized carbons (Fsp3) is 0.364. The van der Waals surface area contributed by atoms with E-state index in [2.05, 4.69) is 0 Å². The van der Waals surface area contributed by atoms with Crippen LogP contribution in [0.1, 0.15) is 12.0 Å². The molecule has 0 fully saturated rings. The van der Waals surface area contributed by atoms with Crippen molar-refractivity contribution in [2.75, 3.05) is 18.5 Å². The molecule has 0 spiro atoms. The average molecular weight is 280 g/mol. The Balaban J connectivity index is 2.95. The number of nitrogens with zero attached hydrogens (tertiary/aromatic N) is 1. The summed E-state index contributed by atoms with van der Waals surface area (Å²) in [7, 11) is 1.50. The first-order valence-electron chi connectivity index (χ1n) is 5.13. The molecule has 0 amide bonds. The van der Waals surface area contributed by atoms with E-state index in [1.807, 2.05) is 0 Å². The molecule has 100 valence electrons. The number of rotatable bonds is 4. The molecule has 0 saturated heterocycles. The number of nitrogens with two attached hydrogens (primary N) is 1. The number of nitrogens with one attached hydrogen (secondary N) is 1. The van der Waals surface area contributed by atoms with Gasteiger partial charge in [0.15, 0.2) is 0 Å². The number of nitrogen functional groups attached to an aromatic ring is 1. The van der Waals surface area contributed by atoms with Gasteiger partial charge in [-0.05, 0) is 12.1 Å². The molecule has 0 saturated carbocycles. The third-order valence-electron chi connectivity index (χ3n) is 2.40. The minimum absolute atomic E-state index is 0.218. The molecule has 0 aliphatic rings. The molecular weight excluding hydrogens is 267 g/mol. The first kappa shape index (κ1) is 14.6. The van der Waals surface area contributed by atoms with E-state index in [-0.39, 0.29) is 23.0 Å². The number of hydrogen-bond donors (Lipinski definition) is 2. The molecule has 3 nitrogen and oxygen atoms in total. The van der Waals surface area contributed by atoms with E-state index < -0.39 is 12.6 Å². The molecule has 0 aliphatic carbocycles. The predicted octanol–water partition coefficient (Wildman–Crippen LogP) is 3.01. The Morgan fingerprint density at radius 2 is 2.06 bits per heavy atom. The van der Waals surface area contributed by atoms with E-state index in [0.717, 1.165) is 0 Å². The summed E-state index contributed by atoms with van der Waals surface area (Å²) in [5.74, 6) is -0.269. The van der Waals surface area contributed by atoms with Gasteiger partial charge in [0.05, 0.1) is 17.0 Å². The quantitative estimate of drug-likeness (QED) is 0.657. The van der Waals surface area contributed by atoms with Gasteiger partial charge in [-0.3, -0.25) is 5.41 Å². The summed E-state index contributed by atoms with van der Waals surface area (Å²) in [6.07, 6.45) is -5.16. The Morgan fingerprint density at radius 1 is 1.44 bits per heavy atom. The van der Waals surface area contributed by atoms with Gasteiger partial charge in [0.1, 0.15) is 5.84 Å². The number of hydrogen-bond acceptors (Lipinski definition) is 2. The third kappa shape index (κ3) is 3.80. The first-order chi connectivity index (χ1) is 8.22. The summed E-state index contributed by atoms with van der Waals surface area (Å²) in [5.41, 5.74) is 6.05. The maximum Gasteiger partial charge on any atom is 0.390 e. The lowest BCUT2D eigenvalue weighted by Gasteiger charge is -2.23. The number of benzene rings is 1. The van der Waals surface area contributed by atoms with Crippen molar-refractivity contribution in [1.82, 2.24) is 0 Å². The van der Waals surface area contributed by atoms with Crippen LogP contribution in [-0.2, 0) is 0 Å². The van der Waals surface area contributed by atoms with E-state index in [0.29, 0.717) is 5.69 Å². The Labute approximate surface area is 108 Å². The van der Waals surface area contributed by atoms with Crippen molar-refractivity contribution < 1.29 is 13.2 Å². The van der Waals surface area contributed by atoms with Crippen molar-refractivity contribution in [1.29, 1.82) is 5.41 Å². The number of anilines is 1. The van der Waals surface area contributed by atoms with Crippen LogP contribution in [0, 0.1) is 5.41 Å². The van der Waals surface area contributed by atoms with Gasteiger partial charge in [-0.2, -0.15) is 13.2 Å². The summed E-state index contributed by atoms with van der Waals surface area (Å²) >= 11 is 5.89. The van der Waals surface area contributed by atoms with Gasteiger partial charge in [-0.1, -0.05) is 17.7 Å². The van der Waals surface area contributed by atoms with Crippen LogP contribution in [0.25, 0.3) is 0 Å². The van der Waals surface area contributed by atoms with Crippen LogP contribution >= 0.6 is 11.6 Å². The lowest BCUT2D eigenvalue weighted by Crippen LogP contribution is -2.26. The second kappa shape index (κ2) is 5.48. The molecule has 0 atom stereocenters. The zero-order valence-corrected chi connectivity index (χ0v) is 10.4. The summed E-state index contributed by atoms with van der Waals surface area (Å²) < 4.78 is 36.5. The van der Waals surface area contributed by atoms with E-state index in [1.54, 1.807) is 18.2 Å². The van der Waals surface area contributed by atoms with Gasteiger partial charge in [0, 0.05) is 19.3 Å². The van der Waals surface area contributed by atoms with Crippen LogP contribution in [-0.4, -0.2) is 25.6 Å². The lowest BCUT2D eigenvalue weighted by atomic mass is 10.1. The SMILES string of the molecule is CN(CCC(F)(F)F)c1cccc(Cl)c1C(=N)N. The number of amidine groups is 1. The Hall–Kier alpha value is -1.43. The van der Waals surface area contributed by atoms with Crippen molar-refractivity contribution in [3.63, 3.8) is 0 Å². The van der Waals surface area contributed by atoms with Crippen molar-refractivity contribution >= 4 is 23.1 Å². The van der Waals surface area contributed by atoms with Crippen molar-refractivity contribution in [2.24, 2.45) is 5.73 Å². The molecule has 0 aromatic heterocycles. The fourth-order valence-electron chi connectivity index (χ4n) is 1.51. The molecule has 0 unspecified atom stereocenters. The normalized spacial score (nSPS) is 11.4. The summed E-state index contributed by atoms with van der Waals surface area (Å²) in [5, 5.41) is 7.66. The van der Waals surface area contributed by atoms with Gasteiger partial charge >= 0.3 is 6.18 Å². The summed E-state index contributed by atoms with van der Waals surface area (Å²) in [4.78, 5) is 1.39. The van der Waals surface area contributed by atoms with Crippen molar-refractivity contribution in [3.05, 3.63) is 28.8 Å². The Morgan fingerprint density at radius 3 is 2.56 bits per heavy atom. The van der Waals surface area contributed by atoms with Gasteiger partial charge in [0.2, 0.25) is 0 Å². The van der Waals surface area contributed by atoms with Crippen LogP contribution in [0.2, 0.25) is 5.02 Å². The molecule has 1 rings (SSSR count). The third-order valence-corrected chi connectivity index (χ3v) is 2.72. The highest BCUT2D eigenvalue weighted by atomic mass is 35.5. The second-order valence-electron chi connectivity index (χ2n) is 3.83. The summed E-state index contributed by atoms with van der Waals surface area (Å²) in [6, 6.07) is 4.73. The van der Waals surface area contributed by atoms with Crippen molar-refractivity contribution in [2.45, 2.75) is 12.6 Å². The maximum absolute atomic E-state index is 12.2. The van der Waals surface area contributed by atoms with Crippen LogP contribution in [0.5, 0.6) is 0 Å². The minimum atomic E-state index is -4.22. The van der Waals surface area contributed by atoms with E-state index in [9.17, 15) is 13.2 Å². The van der Waals surface area contributed by atoms with Gasteiger partial charge in [-0.25, -0.2) is 0 Å². The molecule has 0 heterocycles. The molecule has 0 bridgehead atoms. The highest BCUT2D eigenvalue weighted by Gasteiger charge is 2.27. The summed E-state index contributed by atoms with van der Waals surface area (Å²) in [6.45, 7) is -0.218. The Kier molecular flexibility index (Phi) is 4.45. The van der Waals surface area contributed by atoms with Crippen molar-refractivity contribution in [3.8, 4) is 0 Å². The van der Waals surface area contributed by atoms with E-state index in [4.69, 9.17) is 22.7 Å². The van der Waals surface area contributed by atoms with Crippen LogP contribution < -0.4 is 10.6 Å². The molecule has 0 radical (unpaired) electrons. The molecule has 3 N–H and O–H groups in total. The predicted molar refractivity (Wildman–Crippen MR) is 66.4 cm³/mol. The van der Waals surface area contributed by atoms with Crippen LogP contribution in [0.3, 0.4) is 0 Å². The van der Waals surface area contributed by atoms with Gasteiger partial charge < -0.3 is 10.6 Å². The Bertz CT molecular complexity index is 446. The minimum Gasteiger partial charge on any atom is -0.384 e. The smallest absolute Gasteiger partial charge is 0.384 e. The zero-order valence-electron chi connectivity index (χ0n) is 9.68. The fourth-order valence-corrected chi connectivity index (χ4v) is 1.78. The zero-order chi connectivity index (χ0) is 13.9. The first-order valence-corrected chi connectivity index (χ1v) is 5.51. The van der Waals surface area contributed by atoms with E-state index in [1.165, 1.54) is 11.9 Å². The number of halogens is 4. The second-order valence-corrected chi connectivity index (χ2v) is 4.24. The maximum atomic E-state index is 12.2. The molecular formula is C11H13ClF3N3. The van der Waals surface area contributed by atoms with Crippen LogP contribution in [0.15, 0.2) is 18.2 Å². The number of alkyl halides is 3. The highest BCUT2D eigenvalue weighted by Crippen LogP contribution is 2.28. The molecule has 18 heavy (non-hydrogen) atoms.